The van der Waals surface area contributed by atoms with Gasteiger partial charge in [0.1, 0.15) is 5.75 Å². The van der Waals surface area contributed by atoms with Gasteiger partial charge in [-0.15, -0.1) is 0 Å². The van der Waals surface area contributed by atoms with Crippen LogP contribution in [0.15, 0.2) is 71.5 Å². The first-order valence-electron chi connectivity index (χ1n) is 12.8. The van der Waals surface area contributed by atoms with Crippen molar-refractivity contribution in [2.24, 2.45) is 0 Å². The van der Waals surface area contributed by atoms with Gasteiger partial charge in [0.05, 0.1) is 41.1 Å². The predicted octanol–water partition coefficient (Wildman–Crippen LogP) is 5.85. The summed E-state index contributed by atoms with van der Waals surface area (Å²) < 4.78 is 7.21. The average Bonchev–Trinajstić information content (AvgIpc) is 3.36. The molecular weight excluding hydrogens is 535 g/mol. The number of nitrogens with zero attached hydrogens (tertiary/aromatic N) is 3. The van der Waals surface area contributed by atoms with Crippen LogP contribution >= 0.6 is 23.2 Å². The molecule has 3 aromatic carbocycles. The number of halogens is 2. The predicted molar refractivity (Wildman–Crippen MR) is 152 cm³/mol. The van der Waals surface area contributed by atoms with E-state index in [1.807, 2.05) is 36.4 Å². The molecule has 0 saturated heterocycles. The molecule has 2 heterocycles. The van der Waals surface area contributed by atoms with Crippen molar-refractivity contribution in [3.63, 3.8) is 0 Å². The fourth-order valence-corrected chi connectivity index (χ4v) is 5.77. The molecule has 0 spiro atoms. The van der Waals surface area contributed by atoms with E-state index in [1.54, 1.807) is 34.8 Å². The van der Waals surface area contributed by atoms with Crippen LogP contribution in [0.5, 0.6) is 5.75 Å². The number of carbonyl (C=O) groups excluding carboxylic acids is 1. The molecule has 1 aliphatic carbocycles. The Balaban J connectivity index is 1.42. The van der Waals surface area contributed by atoms with Crippen LogP contribution in [0, 0.1) is 0 Å². The van der Waals surface area contributed by atoms with Crippen LogP contribution in [-0.4, -0.2) is 34.0 Å². The first kappa shape index (κ1) is 25.5. The summed E-state index contributed by atoms with van der Waals surface area (Å²) in [5.41, 5.74) is 4.56. The number of para-hydroxylation sites is 2. The number of hydrogen-bond donors (Lipinski definition) is 1. The molecule has 1 aliphatic heterocycles. The van der Waals surface area contributed by atoms with Gasteiger partial charge in [-0.3, -0.25) is 9.59 Å². The van der Waals surface area contributed by atoms with Crippen molar-refractivity contribution in [1.29, 1.82) is 0 Å². The summed E-state index contributed by atoms with van der Waals surface area (Å²) in [4.78, 5) is 34.0. The number of methoxy groups -OCH3 is 1. The lowest BCUT2D eigenvalue weighted by molar-refractivity contribution is 0.0731. The summed E-state index contributed by atoms with van der Waals surface area (Å²) in [6, 6.07) is 20.6. The minimum absolute atomic E-state index is 0.00430. The van der Waals surface area contributed by atoms with Crippen LogP contribution in [-0.2, 0) is 19.4 Å². The van der Waals surface area contributed by atoms with Crippen molar-refractivity contribution in [2.75, 3.05) is 19.0 Å². The van der Waals surface area contributed by atoms with Crippen LogP contribution < -0.4 is 15.6 Å². The summed E-state index contributed by atoms with van der Waals surface area (Å²) in [6.07, 6.45) is 2.22. The molecule has 9 heteroatoms. The van der Waals surface area contributed by atoms with Gasteiger partial charge in [-0.05, 0) is 60.7 Å². The number of amides is 1. The number of carbonyl (C=O) groups is 1. The van der Waals surface area contributed by atoms with Crippen molar-refractivity contribution in [2.45, 2.75) is 31.8 Å². The molecule has 0 fully saturated rings. The van der Waals surface area contributed by atoms with Gasteiger partial charge in [-0.1, -0.05) is 59.6 Å². The van der Waals surface area contributed by atoms with E-state index >= 15 is 0 Å². The highest BCUT2D eigenvalue weighted by molar-refractivity contribution is 6.42. The van der Waals surface area contributed by atoms with Gasteiger partial charge in [-0.2, -0.15) is 0 Å². The van der Waals surface area contributed by atoms with E-state index in [2.05, 4.69) is 17.4 Å². The van der Waals surface area contributed by atoms with Gasteiger partial charge in [0.25, 0.3) is 11.5 Å². The third-order valence-electron chi connectivity index (χ3n) is 7.45. The third kappa shape index (κ3) is 4.66. The molecule has 0 saturated carbocycles. The summed E-state index contributed by atoms with van der Waals surface area (Å²) >= 11 is 12.2. The molecule has 0 bridgehead atoms. The minimum Gasteiger partial charge on any atom is -0.495 e. The highest BCUT2D eigenvalue weighted by atomic mass is 35.5. The highest BCUT2D eigenvalue weighted by Crippen LogP contribution is 2.35. The zero-order chi connectivity index (χ0) is 27.1. The van der Waals surface area contributed by atoms with Gasteiger partial charge in [-0.25, -0.2) is 9.55 Å². The van der Waals surface area contributed by atoms with E-state index in [9.17, 15) is 9.59 Å². The molecule has 0 radical (unpaired) electrons. The van der Waals surface area contributed by atoms with Crippen molar-refractivity contribution in [3.8, 4) is 11.4 Å². The van der Waals surface area contributed by atoms with Crippen molar-refractivity contribution in [1.82, 2.24) is 14.5 Å². The number of nitrogens with one attached hydrogen (secondary N) is 1. The second kappa shape index (κ2) is 10.4. The van der Waals surface area contributed by atoms with Crippen LogP contribution in [0.4, 0.5) is 5.95 Å². The molecule has 1 amide bonds. The number of ether oxygens (including phenoxy) is 1. The maximum Gasteiger partial charge on any atom is 0.263 e. The zero-order valence-corrected chi connectivity index (χ0v) is 22.8. The van der Waals surface area contributed by atoms with E-state index in [1.165, 1.54) is 11.1 Å². The number of hydrogen-bond acceptors (Lipinski definition) is 5. The Morgan fingerprint density at radius 3 is 2.64 bits per heavy atom. The summed E-state index contributed by atoms with van der Waals surface area (Å²) in [6.45, 7) is 0.601. The van der Waals surface area contributed by atoms with Crippen LogP contribution in [0.3, 0.4) is 0 Å². The summed E-state index contributed by atoms with van der Waals surface area (Å²) in [5.74, 6) is 0.811. The molecule has 6 rings (SSSR count). The molecule has 1 atom stereocenters. The smallest absolute Gasteiger partial charge is 0.263 e. The van der Waals surface area contributed by atoms with Crippen molar-refractivity contribution < 1.29 is 9.53 Å². The first-order valence-corrected chi connectivity index (χ1v) is 13.6. The minimum atomic E-state index is -0.186. The summed E-state index contributed by atoms with van der Waals surface area (Å²) in [5, 5.41) is 4.27. The lowest BCUT2D eigenvalue weighted by atomic mass is 10.0. The van der Waals surface area contributed by atoms with E-state index in [0.29, 0.717) is 57.2 Å². The Morgan fingerprint density at radius 1 is 1.03 bits per heavy atom. The Labute approximate surface area is 236 Å². The van der Waals surface area contributed by atoms with Crippen LogP contribution in [0.2, 0.25) is 10.0 Å². The number of anilines is 1. The van der Waals surface area contributed by atoms with E-state index in [4.69, 9.17) is 32.9 Å². The Bertz CT molecular complexity index is 1650. The Hall–Kier alpha value is -3.81. The first-order chi connectivity index (χ1) is 18.9. The number of aryl methyl sites for hydroxylation is 1. The molecule has 2 aliphatic rings. The van der Waals surface area contributed by atoms with Gasteiger partial charge < -0.3 is 15.0 Å². The number of benzene rings is 3. The largest absolute Gasteiger partial charge is 0.495 e. The Kier molecular flexibility index (Phi) is 6.79. The highest BCUT2D eigenvalue weighted by Gasteiger charge is 2.30. The fraction of sp³-hybridized carbons (Fsp3) is 0.233. The second-order valence-electron chi connectivity index (χ2n) is 9.71. The average molecular weight is 561 g/mol. The van der Waals surface area contributed by atoms with Crippen LogP contribution in [0.1, 0.15) is 45.2 Å². The number of aromatic nitrogens is 2. The SMILES string of the molecule is COc1ccccc1-n1c(NC2CCc3ccccc32)nc2c(c1=O)CCN(C(=O)c1ccc(Cl)c(Cl)c1)C2. The normalized spacial score (nSPS) is 16.0. The molecule has 39 heavy (non-hydrogen) atoms. The molecule has 7 nitrogen and oxygen atoms in total. The summed E-state index contributed by atoms with van der Waals surface area (Å²) in [7, 11) is 1.59. The topological polar surface area (TPSA) is 76.5 Å². The molecule has 4 aromatic rings. The number of fused-ring (bicyclic) bond motifs is 2. The molecule has 1 unspecified atom stereocenters. The lowest BCUT2D eigenvalue weighted by Crippen LogP contribution is -2.41. The molecular formula is C30H26Cl2N4O3. The number of rotatable bonds is 5. The molecule has 1 aromatic heterocycles. The van der Waals surface area contributed by atoms with Crippen molar-refractivity contribution in [3.05, 3.63) is 115 Å². The zero-order valence-electron chi connectivity index (χ0n) is 21.3. The Morgan fingerprint density at radius 2 is 1.82 bits per heavy atom. The van der Waals surface area contributed by atoms with Gasteiger partial charge in [0, 0.05) is 17.7 Å². The molecule has 1 N–H and O–H groups in total. The third-order valence-corrected chi connectivity index (χ3v) is 8.19. The lowest BCUT2D eigenvalue weighted by Gasteiger charge is -2.30. The fourth-order valence-electron chi connectivity index (χ4n) is 5.47. The standard InChI is InChI=1S/C30H26Cl2N4O3/c1-39-27-9-5-4-8-26(27)36-29(38)21-14-15-35(28(37)19-10-12-22(31)23(32)16-19)17-25(21)34-30(36)33-24-13-11-18-6-2-3-7-20(18)24/h2-10,12,16,24H,11,13-15,17H2,1H3,(H,33,34). The van der Waals surface area contributed by atoms with Gasteiger partial charge in [0.2, 0.25) is 5.95 Å². The van der Waals surface area contributed by atoms with Crippen LogP contribution in [0.25, 0.3) is 5.69 Å². The van der Waals surface area contributed by atoms with E-state index < -0.39 is 0 Å². The maximum atomic E-state index is 14.0. The molecule has 198 valence electrons. The monoisotopic (exact) mass is 560 g/mol. The van der Waals surface area contributed by atoms with Gasteiger partial charge in [0.15, 0.2) is 0 Å². The van der Waals surface area contributed by atoms with Gasteiger partial charge >= 0.3 is 0 Å². The second-order valence-corrected chi connectivity index (χ2v) is 10.5. The van der Waals surface area contributed by atoms with E-state index in [-0.39, 0.29) is 24.1 Å². The van der Waals surface area contributed by atoms with Crippen molar-refractivity contribution >= 4 is 35.1 Å². The quantitative estimate of drug-likeness (QED) is 0.331. The van der Waals surface area contributed by atoms with E-state index in [0.717, 1.165) is 12.8 Å². The maximum absolute atomic E-state index is 14.0.